The molecule has 0 saturated heterocycles. The number of ether oxygens (including phenoxy) is 4. The zero-order valence-electron chi connectivity index (χ0n) is 47.5. The third-order valence-electron chi connectivity index (χ3n) is 20.0. The molecule has 0 amide bonds. The molecule has 12 rings (SSSR count). The largest absolute Gasteiger partial charge is 0.508 e. The quantitative estimate of drug-likeness (QED) is 0.0460. The van der Waals surface area contributed by atoms with Crippen LogP contribution >= 0.6 is 21.6 Å². The highest BCUT2D eigenvalue weighted by atomic mass is 33.1. The molecule has 3 fully saturated rings. The second kappa shape index (κ2) is 24.9. The number of fused-ring (bicyclic) bond motifs is 7. The van der Waals surface area contributed by atoms with Crippen molar-refractivity contribution >= 4 is 33.3 Å². The third kappa shape index (κ3) is 11.8. The summed E-state index contributed by atoms with van der Waals surface area (Å²) in [4.78, 5) is 18.6. The molecule has 17 heteroatoms. The number of carbonyl (C=O) groups is 1. The number of nitrogens with one attached hydrogen (secondary N) is 2. The SMILES string of the molecule is COC(CO)C1CC2CCC3(CCC(Cc4ccc(O)cc4)C3)CC23NCOc2c4cc(c5c2OC(O)C(C5)C2CSSCC(C(C)C)N=C(N)NC2C#CC32C=CC1C2)CCC(O)CC(=O)CCc1ccc(O)c(OCO)c1C#CC4. The molecule has 14 unspecified atom stereocenters. The molecule has 15 nitrogen and oxygen atoms in total. The number of hydrogen-bond acceptors (Lipinski definition) is 17. The van der Waals surface area contributed by atoms with E-state index in [1.165, 1.54) is 11.6 Å². The summed E-state index contributed by atoms with van der Waals surface area (Å²) in [5.41, 5.74) is 10.3. The van der Waals surface area contributed by atoms with E-state index in [1.54, 1.807) is 46.9 Å². The molecule has 0 aromatic heterocycles. The Balaban J connectivity index is 1.09. The summed E-state index contributed by atoms with van der Waals surface area (Å²) < 4.78 is 25.9. The number of nitrogens with zero attached hydrogens (tertiary/aromatic N) is 1. The highest BCUT2D eigenvalue weighted by Gasteiger charge is 2.65. The molecule has 3 spiro atoms. The van der Waals surface area contributed by atoms with Crippen molar-refractivity contribution in [2.75, 3.05) is 38.7 Å². The van der Waals surface area contributed by atoms with Crippen molar-refractivity contribution in [3.05, 3.63) is 88.0 Å². The smallest absolute Gasteiger partial charge is 0.201 e. The number of Topliss-reactive ketones (excluding diaryl/α,β-unsaturated/α-hetero) is 1. The van der Waals surface area contributed by atoms with E-state index in [4.69, 9.17) is 29.7 Å². The lowest BCUT2D eigenvalue weighted by Gasteiger charge is -2.58. The van der Waals surface area contributed by atoms with Gasteiger partial charge in [-0.1, -0.05) is 95.5 Å². The number of allylic oxidation sites excluding steroid dienone is 1. The first-order chi connectivity index (χ1) is 39.6. The summed E-state index contributed by atoms with van der Waals surface area (Å²) in [6.07, 6.45) is 12.2. The zero-order valence-corrected chi connectivity index (χ0v) is 49.2. The number of aryl methyl sites for hydroxylation is 2. The van der Waals surface area contributed by atoms with E-state index < -0.39 is 42.1 Å². The van der Waals surface area contributed by atoms with Gasteiger partial charge in [0.25, 0.3) is 0 Å². The van der Waals surface area contributed by atoms with Gasteiger partial charge in [0, 0.05) is 66.4 Å². The molecule has 8 bridgehead atoms. The van der Waals surface area contributed by atoms with E-state index >= 15 is 0 Å². The predicted octanol–water partition coefficient (Wildman–Crippen LogP) is 7.50. The number of aromatic hydroxyl groups is 2. The summed E-state index contributed by atoms with van der Waals surface area (Å²) in [6, 6.07) is 12.3. The van der Waals surface area contributed by atoms with E-state index in [0.29, 0.717) is 71.5 Å². The lowest BCUT2D eigenvalue weighted by Crippen LogP contribution is -2.66. The van der Waals surface area contributed by atoms with Gasteiger partial charge in [0.2, 0.25) is 6.29 Å². The van der Waals surface area contributed by atoms with Crippen molar-refractivity contribution < 1.29 is 54.4 Å². The van der Waals surface area contributed by atoms with Gasteiger partial charge >= 0.3 is 0 Å². The lowest BCUT2D eigenvalue weighted by molar-refractivity contribution is -0.121. The van der Waals surface area contributed by atoms with Crippen LogP contribution in [0.2, 0.25) is 0 Å². The number of guanidine groups is 1. The van der Waals surface area contributed by atoms with E-state index in [0.717, 1.165) is 68.2 Å². The van der Waals surface area contributed by atoms with Crippen molar-refractivity contribution in [2.24, 2.45) is 63.0 Å². The van der Waals surface area contributed by atoms with E-state index in [9.17, 15) is 35.4 Å². The van der Waals surface area contributed by atoms with Crippen LogP contribution in [0.5, 0.6) is 28.7 Å². The first-order valence-electron chi connectivity index (χ1n) is 29.8. The Labute approximate surface area is 490 Å². The fraction of sp³-hybridized carbons (Fsp3) is 0.600. The predicted molar refractivity (Wildman–Crippen MR) is 318 cm³/mol. The normalized spacial score (nSPS) is 33.9. The second-order valence-electron chi connectivity index (χ2n) is 25.2. The van der Waals surface area contributed by atoms with Crippen molar-refractivity contribution in [2.45, 2.75) is 153 Å². The Hall–Kier alpha value is -5.08. The number of phenolic OH excluding ortho intramolecular Hbond substituents is 2. The molecule has 4 aliphatic heterocycles. The second-order valence-corrected chi connectivity index (χ2v) is 27.7. The van der Waals surface area contributed by atoms with Gasteiger partial charge in [-0.25, -0.2) is 4.99 Å². The number of ketones is 1. The lowest BCUT2D eigenvalue weighted by atomic mass is 9.51. The van der Waals surface area contributed by atoms with Crippen molar-refractivity contribution in [1.29, 1.82) is 0 Å². The maximum Gasteiger partial charge on any atom is 0.201 e. The number of phenols is 2. The minimum Gasteiger partial charge on any atom is -0.508 e. The van der Waals surface area contributed by atoms with Gasteiger partial charge in [0.05, 0.1) is 41.9 Å². The number of rotatable bonds is 8. The molecule has 5 aliphatic carbocycles. The summed E-state index contributed by atoms with van der Waals surface area (Å²) in [7, 11) is 5.22. The molecule has 440 valence electrons. The molecule has 0 radical (unpaired) electrons. The average molecular weight is 1160 g/mol. The maximum absolute atomic E-state index is 13.5. The van der Waals surface area contributed by atoms with Gasteiger partial charge in [-0.3, -0.25) is 10.1 Å². The number of aliphatic hydroxyl groups excluding tert-OH is 4. The van der Waals surface area contributed by atoms with E-state index in [-0.39, 0.29) is 109 Å². The Morgan fingerprint density at radius 3 is 2.55 bits per heavy atom. The average Bonchev–Trinajstić information content (AvgIpc) is 1.67. The maximum atomic E-state index is 13.5. The molecule has 82 heavy (non-hydrogen) atoms. The summed E-state index contributed by atoms with van der Waals surface area (Å²) >= 11 is 0. The molecule has 10 N–H and O–H groups in total. The monoisotopic (exact) mass is 1160 g/mol. The molecule has 3 aromatic carbocycles. The van der Waals surface area contributed by atoms with Crippen LogP contribution in [0, 0.1) is 75.9 Å². The van der Waals surface area contributed by atoms with Gasteiger partial charge in [-0.05, 0) is 153 Å². The molecule has 3 saturated carbocycles. The highest BCUT2D eigenvalue weighted by Crippen LogP contribution is 2.66. The van der Waals surface area contributed by atoms with E-state index in [1.807, 2.05) is 12.1 Å². The summed E-state index contributed by atoms with van der Waals surface area (Å²) in [6.45, 7) is 3.58. The minimum absolute atomic E-state index is 0.0161. The van der Waals surface area contributed by atoms with Gasteiger partial charge < -0.3 is 60.6 Å². The summed E-state index contributed by atoms with van der Waals surface area (Å²) in [5.74, 6) is 17.2. The molecule has 14 atom stereocenters. The van der Waals surface area contributed by atoms with Crippen LogP contribution in [-0.4, -0.2) is 117 Å². The van der Waals surface area contributed by atoms with Gasteiger partial charge in [0.1, 0.15) is 18.3 Å². The van der Waals surface area contributed by atoms with Crippen molar-refractivity contribution in [1.82, 2.24) is 10.6 Å². The third-order valence-corrected chi connectivity index (χ3v) is 22.5. The van der Waals surface area contributed by atoms with Crippen LogP contribution in [0.3, 0.4) is 0 Å². The number of nitrogens with two attached hydrogens (primary N) is 1. The van der Waals surface area contributed by atoms with Crippen LogP contribution < -0.4 is 30.6 Å². The minimum atomic E-state index is -1.29. The number of carbonyl (C=O) groups excluding carboxylic acids is 1. The van der Waals surface area contributed by atoms with Crippen molar-refractivity contribution in [3.63, 3.8) is 0 Å². The van der Waals surface area contributed by atoms with Crippen LogP contribution in [0.4, 0.5) is 0 Å². The van der Waals surface area contributed by atoms with Crippen LogP contribution in [0.25, 0.3) is 0 Å². The molecular weight excluding hydrogens is 1080 g/mol. The molecule has 4 heterocycles. The number of hydrogen-bond donors (Lipinski definition) is 9. The number of methoxy groups -OCH3 is 1. The Kier molecular flexibility index (Phi) is 17.8. The number of aliphatic imine (C=N–C) groups is 1. The van der Waals surface area contributed by atoms with Gasteiger partial charge in [-0.2, -0.15) is 0 Å². The molecule has 3 aromatic rings. The fourth-order valence-electron chi connectivity index (χ4n) is 15.7. The first kappa shape index (κ1) is 58.7. The van der Waals surface area contributed by atoms with Crippen LogP contribution in [0.15, 0.2) is 59.6 Å². The van der Waals surface area contributed by atoms with Crippen molar-refractivity contribution in [3.8, 4) is 52.4 Å². The molecule has 9 aliphatic rings. The fourth-order valence-corrected chi connectivity index (χ4v) is 18.6. The van der Waals surface area contributed by atoms with Crippen LogP contribution in [0.1, 0.15) is 118 Å². The zero-order chi connectivity index (χ0) is 57.3. The Bertz CT molecular complexity index is 3020. The Morgan fingerprint density at radius 2 is 1.76 bits per heavy atom. The number of benzene rings is 3. The van der Waals surface area contributed by atoms with Gasteiger partial charge in [0.15, 0.2) is 35.8 Å². The standard InChI is InChI=1S/C65H82N4O11S2/c1-38(2)55-34-82-81-33-53-52-29-51-42-10-15-48(74)28-47(73)14-9-41-11-16-56(75)59(79-37-71)49(41)6-4-5-43(26-42)58(60(51)80-61(52)76)78-36-67-65-35-63(21-17-40(30-63)25-39-7-12-46(72)13-8-39)22-19-45(65)27-50(57(32-70)77-3)44-18-23-64(65,31-44)24-20-54(53)68-62(66)69-55/h7-8,11-13,16,18,23,26,38,40,44-45,48,50,52-55,57,61,67,70-72,74-76H,5,9-10,14-15,17,19,21-22,25,27-37H2,1-3H3,(H3,66,68,69). The topological polar surface area (TPSA) is 238 Å². The number of aliphatic hydroxyl groups is 4. The van der Waals surface area contributed by atoms with Gasteiger partial charge in [-0.15, -0.1) is 0 Å². The first-order valence-corrected chi connectivity index (χ1v) is 32.3. The highest BCUT2D eigenvalue weighted by molar-refractivity contribution is 8.76. The summed E-state index contributed by atoms with van der Waals surface area (Å²) in [5, 5.41) is 74.2. The van der Waals surface area contributed by atoms with Crippen LogP contribution in [-0.2, 0) is 41.6 Å². The van der Waals surface area contributed by atoms with E-state index in [2.05, 4.69) is 66.4 Å². The Morgan fingerprint density at radius 1 is 0.939 bits per heavy atom. The molecular formula is C65H82N4O11S2.